The smallest absolute Gasteiger partial charge is 0.227 e. The van der Waals surface area contributed by atoms with Gasteiger partial charge in [-0.2, -0.15) is 0 Å². The largest absolute Gasteiger partial charge is 0.349 e. The van der Waals surface area contributed by atoms with E-state index in [1.165, 1.54) is 0 Å². The van der Waals surface area contributed by atoms with Gasteiger partial charge in [-0.05, 0) is 56.5 Å². The molecule has 24 heavy (non-hydrogen) atoms. The molecule has 2 aliphatic rings. The zero-order chi connectivity index (χ0) is 16.4. The normalized spacial score (nSPS) is 19.4. The molecule has 1 saturated heterocycles. The van der Waals surface area contributed by atoms with Crippen molar-refractivity contribution in [3.05, 3.63) is 29.8 Å². The zero-order valence-electron chi connectivity index (χ0n) is 14.2. The fourth-order valence-electron chi connectivity index (χ4n) is 2.75. The zero-order valence-corrected chi connectivity index (χ0v) is 15.0. The highest BCUT2D eigenvalue weighted by atomic mass is 35.5. The number of hydrogen-bond donors (Lipinski definition) is 3. The fourth-order valence-corrected chi connectivity index (χ4v) is 2.75. The van der Waals surface area contributed by atoms with Crippen LogP contribution in [-0.2, 0) is 9.59 Å². The molecule has 6 heteroatoms. The number of halogens is 1. The molecule has 0 radical (unpaired) electrons. The number of carbonyl (C=O) groups is 2. The second-order valence-electron chi connectivity index (χ2n) is 6.82. The lowest BCUT2D eigenvalue weighted by Gasteiger charge is -2.32. The van der Waals surface area contributed by atoms with Crippen LogP contribution in [0.5, 0.6) is 0 Å². The second-order valence-corrected chi connectivity index (χ2v) is 6.82. The lowest BCUT2D eigenvalue weighted by Crippen LogP contribution is -2.49. The van der Waals surface area contributed by atoms with Crippen LogP contribution < -0.4 is 16.0 Å². The van der Waals surface area contributed by atoms with Gasteiger partial charge in [-0.3, -0.25) is 9.59 Å². The van der Waals surface area contributed by atoms with Crippen LogP contribution in [0.25, 0.3) is 0 Å². The fraction of sp³-hybridized carbons (Fsp3) is 0.556. The summed E-state index contributed by atoms with van der Waals surface area (Å²) < 4.78 is 0. The van der Waals surface area contributed by atoms with Gasteiger partial charge in [0.2, 0.25) is 11.8 Å². The van der Waals surface area contributed by atoms with Gasteiger partial charge in [0.1, 0.15) is 0 Å². The van der Waals surface area contributed by atoms with E-state index in [9.17, 15) is 9.59 Å². The highest BCUT2D eigenvalue weighted by Gasteiger charge is 2.30. The van der Waals surface area contributed by atoms with Crippen LogP contribution in [0.4, 0.5) is 5.69 Å². The second kappa shape index (κ2) is 7.99. The lowest BCUT2D eigenvalue weighted by molar-refractivity contribution is -0.127. The number of hydrogen-bond acceptors (Lipinski definition) is 3. The third-order valence-corrected chi connectivity index (χ3v) is 4.92. The maximum absolute atomic E-state index is 12.3. The molecule has 1 aliphatic heterocycles. The minimum absolute atomic E-state index is 0. The van der Waals surface area contributed by atoms with Crippen LogP contribution in [0, 0.1) is 17.8 Å². The molecule has 3 rings (SSSR count). The first-order chi connectivity index (χ1) is 11.0. The van der Waals surface area contributed by atoms with Crippen LogP contribution in [-0.4, -0.2) is 24.9 Å². The Kier molecular flexibility index (Phi) is 6.24. The Bertz CT molecular complexity index is 582. The number of rotatable bonds is 6. The highest BCUT2D eigenvalue weighted by molar-refractivity contribution is 5.94. The molecule has 1 aromatic rings. The molecule has 2 amide bonds. The molecule has 5 nitrogen and oxygen atoms in total. The van der Waals surface area contributed by atoms with Crippen molar-refractivity contribution in [2.24, 2.45) is 17.8 Å². The Morgan fingerprint density at radius 3 is 2.25 bits per heavy atom. The average molecular weight is 352 g/mol. The molecule has 0 bridgehead atoms. The molecular weight excluding hydrogens is 326 g/mol. The van der Waals surface area contributed by atoms with Crippen molar-refractivity contribution in [2.75, 3.05) is 18.4 Å². The molecule has 1 saturated carbocycles. The summed E-state index contributed by atoms with van der Waals surface area (Å²) in [6.45, 7) is 5.84. The van der Waals surface area contributed by atoms with E-state index in [2.05, 4.69) is 16.0 Å². The summed E-state index contributed by atoms with van der Waals surface area (Å²) in [5, 5.41) is 9.21. The van der Waals surface area contributed by atoms with Crippen LogP contribution in [0.2, 0.25) is 0 Å². The Labute approximate surface area is 149 Å². The van der Waals surface area contributed by atoms with Crippen molar-refractivity contribution < 1.29 is 9.59 Å². The van der Waals surface area contributed by atoms with Crippen LogP contribution in [0.3, 0.4) is 0 Å². The summed E-state index contributed by atoms with van der Waals surface area (Å²) in [5.74, 6) is 0.908. The first kappa shape index (κ1) is 18.7. The van der Waals surface area contributed by atoms with Crippen molar-refractivity contribution in [1.29, 1.82) is 0 Å². The molecule has 2 fully saturated rings. The first-order valence-electron chi connectivity index (χ1n) is 8.46. The van der Waals surface area contributed by atoms with Crippen molar-refractivity contribution in [1.82, 2.24) is 10.6 Å². The van der Waals surface area contributed by atoms with E-state index >= 15 is 0 Å². The monoisotopic (exact) mass is 351 g/mol. The van der Waals surface area contributed by atoms with Gasteiger partial charge in [0.15, 0.2) is 0 Å². The van der Waals surface area contributed by atoms with E-state index in [0.717, 1.165) is 37.2 Å². The van der Waals surface area contributed by atoms with Gasteiger partial charge in [0.25, 0.3) is 0 Å². The standard InChI is InChI=1S/C18H25N3O2.ClH/c1-11(15-9-19-10-15)17(22)20-12(2)13-5-7-16(8-6-13)21-18(23)14-3-4-14;/h5-8,11-12,14-15,19H,3-4,9-10H2,1-2H3,(H,20,22)(H,21,23);1H. The van der Waals surface area contributed by atoms with Gasteiger partial charge in [-0.1, -0.05) is 19.1 Å². The van der Waals surface area contributed by atoms with Gasteiger partial charge >= 0.3 is 0 Å². The molecule has 1 heterocycles. The minimum atomic E-state index is -0.0360. The van der Waals surface area contributed by atoms with E-state index in [4.69, 9.17) is 0 Å². The molecule has 2 unspecified atom stereocenters. The Balaban J connectivity index is 0.00000208. The van der Waals surface area contributed by atoms with Crippen LogP contribution >= 0.6 is 12.4 Å². The first-order valence-corrected chi connectivity index (χ1v) is 8.46. The van der Waals surface area contributed by atoms with Crippen molar-refractivity contribution in [2.45, 2.75) is 32.7 Å². The number of anilines is 1. The van der Waals surface area contributed by atoms with E-state index in [0.29, 0.717) is 5.92 Å². The molecule has 1 aliphatic carbocycles. The van der Waals surface area contributed by atoms with Gasteiger partial charge in [-0.15, -0.1) is 12.4 Å². The van der Waals surface area contributed by atoms with E-state index in [1.54, 1.807) is 0 Å². The molecule has 0 spiro atoms. The predicted molar refractivity (Wildman–Crippen MR) is 97.1 cm³/mol. The molecular formula is C18H26ClN3O2. The van der Waals surface area contributed by atoms with Crippen molar-refractivity contribution >= 4 is 29.9 Å². The summed E-state index contributed by atoms with van der Waals surface area (Å²) in [6.07, 6.45) is 2.00. The Hall–Kier alpha value is -1.59. The Morgan fingerprint density at radius 2 is 1.75 bits per heavy atom. The minimum Gasteiger partial charge on any atom is -0.349 e. The number of amides is 2. The van der Waals surface area contributed by atoms with Gasteiger partial charge < -0.3 is 16.0 Å². The van der Waals surface area contributed by atoms with E-state index < -0.39 is 0 Å². The van der Waals surface area contributed by atoms with E-state index in [-0.39, 0.29) is 42.1 Å². The average Bonchev–Trinajstić information content (AvgIpc) is 3.30. The third kappa shape index (κ3) is 4.48. The summed E-state index contributed by atoms with van der Waals surface area (Å²) in [6, 6.07) is 7.69. The van der Waals surface area contributed by atoms with Gasteiger partial charge in [0.05, 0.1) is 6.04 Å². The van der Waals surface area contributed by atoms with Crippen LogP contribution in [0.1, 0.15) is 38.3 Å². The molecule has 3 N–H and O–H groups in total. The topological polar surface area (TPSA) is 70.2 Å². The number of carbonyl (C=O) groups excluding carboxylic acids is 2. The number of benzene rings is 1. The number of nitrogens with one attached hydrogen (secondary N) is 3. The maximum atomic E-state index is 12.3. The van der Waals surface area contributed by atoms with Crippen molar-refractivity contribution in [3.8, 4) is 0 Å². The summed E-state index contributed by atoms with van der Waals surface area (Å²) >= 11 is 0. The summed E-state index contributed by atoms with van der Waals surface area (Å²) in [4.78, 5) is 24.0. The molecule has 2 atom stereocenters. The van der Waals surface area contributed by atoms with Gasteiger partial charge in [-0.25, -0.2) is 0 Å². The molecule has 1 aromatic carbocycles. The van der Waals surface area contributed by atoms with Crippen LogP contribution in [0.15, 0.2) is 24.3 Å². The Morgan fingerprint density at radius 1 is 1.12 bits per heavy atom. The summed E-state index contributed by atoms with van der Waals surface area (Å²) in [5.41, 5.74) is 1.86. The molecule has 0 aromatic heterocycles. The van der Waals surface area contributed by atoms with E-state index in [1.807, 2.05) is 38.1 Å². The predicted octanol–water partition coefficient (Wildman–Crippen LogP) is 2.49. The quantitative estimate of drug-likeness (QED) is 0.737. The third-order valence-electron chi connectivity index (χ3n) is 4.92. The molecule has 132 valence electrons. The van der Waals surface area contributed by atoms with Gasteiger partial charge in [0, 0.05) is 17.5 Å². The summed E-state index contributed by atoms with van der Waals surface area (Å²) in [7, 11) is 0. The highest BCUT2D eigenvalue weighted by Crippen LogP contribution is 2.30. The lowest BCUT2D eigenvalue weighted by atomic mass is 9.88. The van der Waals surface area contributed by atoms with Crippen molar-refractivity contribution in [3.63, 3.8) is 0 Å². The maximum Gasteiger partial charge on any atom is 0.227 e. The SMILES string of the molecule is CC(NC(=O)C(C)C1CNC1)c1ccc(NC(=O)C2CC2)cc1.Cl.